The van der Waals surface area contributed by atoms with E-state index in [4.69, 9.17) is 10.2 Å². The van der Waals surface area contributed by atoms with Crippen molar-refractivity contribution in [3.63, 3.8) is 0 Å². The number of hydrogen-bond acceptors (Lipinski definition) is 3. The molecule has 0 spiro atoms. The van der Waals surface area contributed by atoms with E-state index in [-0.39, 0.29) is 31.0 Å². The van der Waals surface area contributed by atoms with Crippen LogP contribution in [-0.4, -0.2) is 52.9 Å². The minimum Gasteiger partial charge on any atom is -0.481 e. The van der Waals surface area contributed by atoms with Crippen LogP contribution in [0.4, 0.5) is 4.79 Å². The van der Waals surface area contributed by atoms with Gasteiger partial charge in [-0.25, -0.2) is 4.79 Å². The molecule has 0 aromatic carbocycles. The molecule has 0 rings (SSSR count). The highest BCUT2D eigenvalue weighted by Crippen LogP contribution is 2.03. The zero-order valence-corrected chi connectivity index (χ0v) is 11.3. The zero-order valence-electron chi connectivity index (χ0n) is 11.3. The number of aliphatic carboxylic acids is 1. The fourth-order valence-corrected chi connectivity index (χ4v) is 1.57. The minimum absolute atomic E-state index is 0.0403. The molecule has 0 radical (unpaired) electrons. The second-order valence-corrected chi connectivity index (χ2v) is 4.75. The molecule has 0 fully saturated rings. The van der Waals surface area contributed by atoms with Gasteiger partial charge in [-0.05, 0) is 26.2 Å². The third kappa shape index (κ3) is 7.11. The van der Waals surface area contributed by atoms with Crippen molar-refractivity contribution in [2.45, 2.75) is 39.7 Å². The zero-order chi connectivity index (χ0) is 14.1. The molecule has 18 heavy (non-hydrogen) atoms. The molecule has 0 aromatic rings. The summed E-state index contributed by atoms with van der Waals surface area (Å²) in [6.45, 7) is 6.46. The van der Waals surface area contributed by atoms with Gasteiger partial charge in [0.2, 0.25) is 0 Å². The first kappa shape index (κ1) is 16.7. The molecular formula is C12H24N2O4. The number of aliphatic hydroxyl groups is 1. The number of rotatable bonds is 8. The third-order valence-corrected chi connectivity index (χ3v) is 2.57. The second-order valence-electron chi connectivity index (χ2n) is 4.75. The lowest BCUT2D eigenvalue weighted by molar-refractivity contribution is -0.137. The average molecular weight is 260 g/mol. The predicted octanol–water partition coefficient (Wildman–Crippen LogP) is 0.900. The Morgan fingerprint density at radius 3 is 2.33 bits per heavy atom. The third-order valence-electron chi connectivity index (χ3n) is 2.57. The van der Waals surface area contributed by atoms with Gasteiger partial charge in [0.25, 0.3) is 0 Å². The van der Waals surface area contributed by atoms with Crippen LogP contribution in [0.5, 0.6) is 0 Å². The number of nitrogens with zero attached hydrogens (tertiary/aromatic N) is 1. The van der Waals surface area contributed by atoms with E-state index in [9.17, 15) is 9.59 Å². The normalized spacial score (nSPS) is 12.3. The van der Waals surface area contributed by atoms with Gasteiger partial charge in [0, 0.05) is 32.2 Å². The molecule has 0 aliphatic carbocycles. The van der Waals surface area contributed by atoms with Crippen molar-refractivity contribution >= 4 is 12.0 Å². The largest absolute Gasteiger partial charge is 0.481 e. The summed E-state index contributed by atoms with van der Waals surface area (Å²) in [6.07, 6.45) is 0.578. The van der Waals surface area contributed by atoms with E-state index in [0.29, 0.717) is 19.5 Å². The first-order chi connectivity index (χ1) is 8.38. The lowest BCUT2D eigenvalue weighted by Gasteiger charge is -2.27. The molecule has 0 aliphatic heterocycles. The standard InChI is InChI=1S/C12H24N2O4/c1-9(2)14(5-4-6-15)12(18)13-8-10(3)7-11(16)17/h9-10,15H,4-8H2,1-3H3,(H,13,18)(H,16,17). The summed E-state index contributed by atoms with van der Waals surface area (Å²) in [5, 5.41) is 20.1. The van der Waals surface area contributed by atoms with Crippen molar-refractivity contribution in [1.82, 2.24) is 10.2 Å². The molecule has 6 nitrogen and oxygen atoms in total. The molecule has 2 amide bonds. The van der Waals surface area contributed by atoms with Crippen LogP contribution in [0.3, 0.4) is 0 Å². The van der Waals surface area contributed by atoms with Gasteiger partial charge < -0.3 is 20.4 Å². The molecule has 0 aromatic heterocycles. The Bertz CT molecular complexity index is 269. The molecule has 0 aliphatic rings. The van der Waals surface area contributed by atoms with Crippen molar-refractivity contribution in [1.29, 1.82) is 0 Å². The van der Waals surface area contributed by atoms with Crippen LogP contribution in [0, 0.1) is 5.92 Å². The molecule has 106 valence electrons. The Hall–Kier alpha value is -1.30. The van der Waals surface area contributed by atoms with Crippen molar-refractivity contribution in [2.24, 2.45) is 5.92 Å². The van der Waals surface area contributed by atoms with Crippen LogP contribution in [0.25, 0.3) is 0 Å². The van der Waals surface area contributed by atoms with Crippen LogP contribution in [0.2, 0.25) is 0 Å². The van der Waals surface area contributed by atoms with Crippen molar-refractivity contribution in [3.8, 4) is 0 Å². The highest BCUT2D eigenvalue weighted by Gasteiger charge is 2.17. The summed E-state index contributed by atoms with van der Waals surface area (Å²) in [4.78, 5) is 24.0. The lowest BCUT2D eigenvalue weighted by atomic mass is 10.1. The number of aliphatic hydroxyl groups excluding tert-OH is 1. The van der Waals surface area contributed by atoms with Crippen molar-refractivity contribution < 1.29 is 19.8 Å². The predicted molar refractivity (Wildman–Crippen MR) is 68.4 cm³/mol. The van der Waals surface area contributed by atoms with Crippen molar-refractivity contribution in [2.75, 3.05) is 19.7 Å². The average Bonchev–Trinajstić information content (AvgIpc) is 2.25. The summed E-state index contributed by atoms with van der Waals surface area (Å²) in [5.41, 5.74) is 0. The monoisotopic (exact) mass is 260 g/mol. The SMILES string of the molecule is CC(CNC(=O)N(CCCO)C(C)C)CC(=O)O. The second kappa shape index (κ2) is 8.74. The number of urea groups is 1. The van der Waals surface area contributed by atoms with E-state index in [1.165, 1.54) is 0 Å². The van der Waals surface area contributed by atoms with Crippen LogP contribution >= 0.6 is 0 Å². The number of carbonyl (C=O) groups is 2. The number of carboxylic acid groups (broad SMARTS) is 1. The Balaban J connectivity index is 4.13. The maximum absolute atomic E-state index is 11.9. The maximum Gasteiger partial charge on any atom is 0.317 e. The summed E-state index contributed by atoms with van der Waals surface area (Å²) in [5.74, 6) is -0.962. The van der Waals surface area contributed by atoms with Gasteiger partial charge in [-0.2, -0.15) is 0 Å². The Labute approximate surface area is 108 Å². The summed E-state index contributed by atoms with van der Waals surface area (Å²) >= 11 is 0. The number of carboxylic acids is 1. The molecule has 1 atom stereocenters. The quantitative estimate of drug-likeness (QED) is 0.605. The van der Waals surface area contributed by atoms with Gasteiger partial charge in [-0.15, -0.1) is 0 Å². The number of nitrogens with one attached hydrogen (secondary N) is 1. The number of amides is 2. The molecule has 6 heteroatoms. The number of hydrogen-bond donors (Lipinski definition) is 3. The maximum atomic E-state index is 11.9. The smallest absolute Gasteiger partial charge is 0.317 e. The lowest BCUT2D eigenvalue weighted by Crippen LogP contribution is -2.45. The van der Waals surface area contributed by atoms with Crippen LogP contribution < -0.4 is 5.32 Å². The fraction of sp³-hybridized carbons (Fsp3) is 0.833. The summed E-state index contributed by atoms with van der Waals surface area (Å²) < 4.78 is 0. The first-order valence-corrected chi connectivity index (χ1v) is 6.25. The number of carbonyl (C=O) groups excluding carboxylic acids is 1. The fourth-order valence-electron chi connectivity index (χ4n) is 1.57. The van der Waals surface area contributed by atoms with Gasteiger partial charge in [0.15, 0.2) is 0 Å². The van der Waals surface area contributed by atoms with Gasteiger partial charge in [-0.3, -0.25) is 4.79 Å². The van der Waals surface area contributed by atoms with Gasteiger partial charge in [0.05, 0.1) is 0 Å². The molecular weight excluding hydrogens is 236 g/mol. The van der Waals surface area contributed by atoms with Gasteiger partial charge in [-0.1, -0.05) is 6.92 Å². The minimum atomic E-state index is -0.863. The Morgan fingerprint density at radius 1 is 1.28 bits per heavy atom. The van der Waals surface area contributed by atoms with E-state index in [1.54, 1.807) is 11.8 Å². The first-order valence-electron chi connectivity index (χ1n) is 6.25. The Kier molecular flexibility index (Phi) is 8.11. The topological polar surface area (TPSA) is 89.9 Å². The Morgan fingerprint density at radius 2 is 1.89 bits per heavy atom. The highest BCUT2D eigenvalue weighted by atomic mass is 16.4. The summed E-state index contributed by atoms with van der Waals surface area (Å²) in [7, 11) is 0. The van der Waals surface area contributed by atoms with E-state index in [2.05, 4.69) is 5.32 Å². The molecule has 0 saturated carbocycles. The molecule has 0 heterocycles. The molecule has 0 saturated heterocycles. The van der Waals surface area contributed by atoms with Crippen molar-refractivity contribution in [3.05, 3.63) is 0 Å². The van der Waals surface area contributed by atoms with Crippen LogP contribution in [0.15, 0.2) is 0 Å². The molecule has 0 bridgehead atoms. The van der Waals surface area contributed by atoms with Crippen LogP contribution in [0.1, 0.15) is 33.6 Å². The van der Waals surface area contributed by atoms with Gasteiger partial charge >= 0.3 is 12.0 Å². The molecule has 3 N–H and O–H groups in total. The summed E-state index contributed by atoms with van der Waals surface area (Å²) in [6, 6.07) is -0.165. The van der Waals surface area contributed by atoms with E-state index in [1.807, 2.05) is 13.8 Å². The molecule has 1 unspecified atom stereocenters. The van der Waals surface area contributed by atoms with Gasteiger partial charge in [0.1, 0.15) is 0 Å². The highest BCUT2D eigenvalue weighted by molar-refractivity contribution is 5.74. The van der Waals surface area contributed by atoms with E-state index >= 15 is 0 Å². The van der Waals surface area contributed by atoms with E-state index in [0.717, 1.165) is 0 Å². The van der Waals surface area contributed by atoms with Crippen LogP contribution in [-0.2, 0) is 4.79 Å². The van der Waals surface area contributed by atoms with E-state index < -0.39 is 5.97 Å².